The Labute approximate surface area is 194 Å². The highest BCUT2D eigenvalue weighted by molar-refractivity contribution is 6.00. The van der Waals surface area contributed by atoms with Crippen molar-refractivity contribution in [2.24, 2.45) is 0 Å². The predicted octanol–water partition coefficient (Wildman–Crippen LogP) is 4.65. The van der Waals surface area contributed by atoms with E-state index in [9.17, 15) is 9.90 Å². The number of nitrogens with zero attached hydrogens (tertiary/aromatic N) is 2. The van der Waals surface area contributed by atoms with Crippen LogP contribution in [0.5, 0.6) is 11.5 Å². The molecule has 0 radical (unpaired) electrons. The summed E-state index contributed by atoms with van der Waals surface area (Å²) < 4.78 is 11.0. The minimum Gasteiger partial charge on any atom is -0.508 e. The molecule has 2 aromatic carbocycles. The molecule has 8 nitrogen and oxygen atoms in total. The quantitative estimate of drug-likeness (QED) is 0.346. The predicted molar refractivity (Wildman–Crippen MR) is 126 cm³/mol. The number of benzene rings is 2. The number of fused-ring (bicyclic) bond motifs is 2. The molecule has 4 heterocycles. The van der Waals surface area contributed by atoms with Gasteiger partial charge in [0, 0.05) is 29.2 Å². The second-order valence-electron chi connectivity index (χ2n) is 8.31. The number of hydrogen-bond donors (Lipinski definition) is 3. The van der Waals surface area contributed by atoms with Gasteiger partial charge in [-0.3, -0.25) is 9.89 Å². The molecule has 0 spiro atoms. The van der Waals surface area contributed by atoms with E-state index >= 15 is 0 Å². The summed E-state index contributed by atoms with van der Waals surface area (Å²) in [7, 11) is 1.65. The van der Waals surface area contributed by atoms with Gasteiger partial charge in [-0.05, 0) is 60.0 Å². The number of carbonyl (C=O) groups excluding carboxylic acids is 1. The van der Waals surface area contributed by atoms with Crippen molar-refractivity contribution in [3.8, 4) is 23.0 Å². The summed E-state index contributed by atoms with van der Waals surface area (Å²) in [5.74, 6) is 1.38. The van der Waals surface area contributed by atoms with Crippen molar-refractivity contribution >= 4 is 16.8 Å². The van der Waals surface area contributed by atoms with Crippen molar-refractivity contribution in [3.63, 3.8) is 0 Å². The number of nitrogens with one attached hydrogen (secondary N) is 2. The Bertz CT molecular complexity index is 1500. The summed E-state index contributed by atoms with van der Waals surface area (Å²) in [6.07, 6.45) is 4.20. The van der Waals surface area contributed by atoms with E-state index in [-0.39, 0.29) is 11.7 Å². The maximum absolute atomic E-state index is 13.5. The molecule has 1 unspecified atom stereocenters. The van der Waals surface area contributed by atoms with Gasteiger partial charge in [-0.25, -0.2) is 0 Å². The van der Waals surface area contributed by atoms with E-state index in [2.05, 4.69) is 15.2 Å². The molecule has 6 rings (SSSR count). The van der Waals surface area contributed by atoms with Crippen LogP contribution in [0.3, 0.4) is 0 Å². The Balaban J connectivity index is 1.39. The average Bonchev–Trinajstić information content (AvgIpc) is 3.63. The molecule has 0 saturated carbocycles. The van der Waals surface area contributed by atoms with Gasteiger partial charge >= 0.3 is 0 Å². The van der Waals surface area contributed by atoms with Crippen LogP contribution in [0, 0.1) is 0 Å². The normalized spacial score (nSPS) is 15.3. The van der Waals surface area contributed by atoms with Crippen LogP contribution in [0.25, 0.3) is 22.4 Å². The van der Waals surface area contributed by atoms with E-state index in [0.717, 1.165) is 33.3 Å². The van der Waals surface area contributed by atoms with Gasteiger partial charge in [0.1, 0.15) is 17.2 Å². The number of hydrogen-bond acceptors (Lipinski definition) is 5. The highest BCUT2D eigenvalue weighted by Crippen LogP contribution is 2.43. The molecule has 0 aliphatic carbocycles. The Morgan fingerprint density at radius 1 is 1.18 bits per heavy atom. The Morgan fingerprint density at radius 3 is 2.88 bits per heavy atom. The van der Waals surface area contributed by atoms with Crippen LogP contribution in [0.2, 0.25) is 0 Å². The lowest BCUT2D eigenvalue weighted by atomic mass is 9.97. The van der Waals surface area contributed by atoms with Crippen molar-refractivity contribution < 1.29 is 19.1 Å². The van der Waals surface area contributed by atoms with Crippen LogP contribution in [0.15, 0.2) is 71.5 Å². The number of carbonyl (C=O) groups is 1. The summed E-state index contributed by atoms with van der Waals surface area (Å²) in [5.41, 5.74) is 4.71. The molecular formula is C26H22N4O4. The fourth-order valence-electron chi connectivity index (χ4n) is 4.80. The first-order valence-electron chi connectivity index (χ1n) is 11.0. The number of H-pyrrole nitrogens is 2. The number of amides is 1. The fraction of sp³-hybridized carbons (Fsp3) is 0.154. The van der Waals surface area contributed by atoms with E-state index in [1.165, 1.54) is 0 Å². The number of aromatic nitrogens is 3. The highest BCUT2D eigenvalue weighted by atomic mass is 16.5. The number of ether oxygens (including phenoxy) is 1. The summed E-state index contributed by atoms with van der Waals surface area (Å²) in [5, 5.41) is 18.5. The molecule has 1 aliphatic heterocycles. The van der Waals surface area contributed by atoms with Gasteiger partial charge < -0.3 is 24.1 Å². The third-order valence-electron chi connectivity index (χ3n) is 6.40. The zero-order chi connectivity index (χ0) is 23.2. The molecule has 0 fully saturated rings. The lowest BCUT2D eigenvalue weighted by molar-refractivity contribution is 0.0745. The van der Waals surface area contributed by atoms with E-state index in [1.54, 1.807) is 37.6 Å². The molecular weight excluding hydrogens is 432 g/mol. The van der Waals surface area contributed by atoms with Crippen molar-refractivity contribution in [2.75, 3.05) is 13.7 Å². The van der Waals surface area contributed by atoms with Gasteiger partial charge in [-0.2, -0.15) is 5.10 Å². The standard InChI is InChI=1S/C26H22N4O4/c1-33-18-7-8-20-19(13-18)16(14-27-20)9-10-30-25(15-4-2-5-17(31)12-15)22-23(21-6-3-11-34-21)28-29-24(22)26(30)32/h2-8,11-14,25,27,31H,9-10H2,1H3,(H,28,29). The SMILES string of the molecule is COc1ccc2[nH]cc(CCN3C(=O)c4n[nH]c(-c5ccco5)c4C3c3cccc(O)c3)c2c1. The van der Waals surface area contributed by atoms with Gasteiger partial charge in [0.15, 0.2) is 11.5 Å². The number of phenols is 1. The van der Waals surface area contributed by atoms with Crippen LogP contribution in [0.4, 0.5) is 0 Å². The zero-order valence-corrected chi connectivity index (χ0v) is 18.4. The van der Waals surface area contributed by atoms with E-state index < -0.39 is 6.04 Å². The third kappa shape index (κ3) is 3.14. The van der Waals surface area contributed by atoms with E-state index in [0.29, 0.717) is 30.1 Å². The number of aromatic amines is 2. The first kappa shape index (κ1) is 20.2. The minimum absolute atomic E-state index is 0.144. The maximum Gasteiger partial charge on any atom is 0.275 e. The molecule has 5 aromatic rings. The lowest BCUT2D eigenvalue weighted by Gasteiger charge is -2.26. The minimum atomic E-state index is -0.409. The van der Waals surface area contributed by atoms with Crippen LogP contribution in [0.1, 0.15) is 33.2 Å². The first-order valence-corrected chi connectivity index (χ1v) is 11.0. The summed E-state index contributed by atoms with van der Waals surface area (Å²) in [6, 6.07) is 16.1. The average molecular weight is 454 g/mol. The molecule has 0 saturated heterocycles. The molecule has 1 atom stereocenters. The summed E-state index contributed by atoms with van der Waals surface area (Å²) in [6.45, 7) is 0.470. The summed E-state index contributed by atoms with van der Waals surface area (Å²) in [4.78, 5) is 18.6. The Morgan fingerprint density at radius 2 is 2.09 bits per heavy atom. The lowest BCUT2D eigenvalue weighted by Crippen LogP contribution is -2.31. The van der Waals surface area contributed by atoms with Crippen LogP contribution in [-0.4, -0.2) is 44.7 Å². The molecule has 1 amide bonds. The van der Waals surface area contributed by atoms with Gasteiger partial charge in [0.2, 0.25) is 0 Å². The number of rotatable bonds is 6. The maximum atomic E-state index is 13.5. The molecule has 170 valence electrons. The van der Waals surface area contributed by atoms with Gasteiger partial charge in [-0.1, -0.05) is 12.1 Å². The van der Waals surface area contributed by atoms with Crippen molar-refractivity contribution in [1.29, 1.82) is 0 Å². The van der Waals surface area contributed by atoms with Crippen molar-refractivity contribution in [1.82, 2.24) is 20.1 Å². The smallest absolute Gasteiger partial charge is 0.275 e. The van der Waals surface area contributed by atoms with Crippen LogP contribution < -0.4 is 4.74 Å². The Hall–Kier alpha value is -4.46. The molecule has 0 bridgehead atoms. The molecule has 3 N–H and O–H groups in total. The van der Waals surface area contributed by atoms with Gasteiger partial charge in [0.05, 0.1) is 19.4 Å². The number of phenolic OH excluding ortho intramolecular Hbond substituents is 1. The Kier molecular flexibility index (Phi) is 4.65. The van der Waals surface area contributed by atoms with E-state index in [1.807, 2.05) is 41.4 Å². The third-order valence-corrected chi connectivity index (χ3v) is 6.40. The fourth-order valence-corrected chi connectivity index (χ4v) is 4.80. The van der Waals surface area contributed by atoms with Crippen LogP contribution >= 0.6 is 0 Å². The first-order chi connectivity index (χ1) is 16.6. The zero-order valence-electron chi connectivity index (χ0n) is 18.4. The molecule has 8 heteroatoms. The number of furan rings is 1. The molecule has 34 heavy (non-hydrogen) atoms. The van der Waals surface area contributed by atoms with Crippen molar-refractivity contribution in [2.45, 2.75) is 12.5 Å². The highest BCUT2D eigenvalue weighted by Gasteiger charge is 2.42. The van der Waals surface area contributed by atoms with E-state index in [4.69, 9.17) is 9.15 Å². The summed E-state index contributed by atoms with van der Waals surface area (Å²) >= 11 is 0. The second kappa shape index (κ2) is 7.84. The molecule has 1 aliphatic rings. The monoisotopic (exact) mass is 454 g/mol. The molecule has 3 aromatic heterocycles. The topological polar surface area (TPSA) is 107 Å². The number of aromatic hydroxyl groups is 1. The second-order valence-corrected chi connectivity index (χ2v) is 8.31. The van der Waals surface area contributed by atoms with Crippen LogP contribution in [-0.2, 0) is 6.42 Å². The van der Waals surface area contributed by atoms with Crippen molar-refractivity contribution in [3.05, 3.63) is 89.4 Å². The van der Waals surface area contributed by atoms with Gasteiger partial charge in [-0.15, -0.1) is 0 Å². The largest absolute Gasteiger partial charge is 0.508 e. The van der Waals surface area contributed by atoms with Gasteiger partial charge in [0.25, 0.3) is 5.91 Å². The number of methoxy groups -OCH3 is 1.